The van der Waals surface area contributed by atoms with E-state index in [9.17, 15) is 14.4 Å². The van der Waals surface area contributed by atoms with Crippen LogP contribution in [0, 0.1) is 11.8 Å². The van der Waals surface area contributed by atoms with E-state index in [-0.39, 0.29) is 29.7 Å². The summed E-state index contributed by atoms with van der Waals surface area (Å²) in [5, 5.41) is 6.98. The van der Waals surface area contributed by atoms with Gasteiger partial charge >= 0.3 is 6.09 Å². The predicted molar refractivity (Wildman–Crippen MR) is 136 cm³/mol. The van der Waals surface area contributed by atoms with Gasteiger partial charge in [0.15, 0.2) is 0 Å². The van der Waals surface area contributed by atoms with E-state index in [1.165, 1.54) is 11.3 Å². The maximum Gasteiger partial charge on any atom is 0.410 e. The molecule has 0 spiro atoms. The van der Waals surface area contributed by atoms with Gasteiger partial charge < -0.3 is 20.3 Å². The number of fused-ring (bicyclic) bond motifs is 1. The fraction of sp³-hybridized carbons (Fsp3) is 0.577. The number of ether oxygens (including phenoxy) is 1. The summed E-state index contributed by atoms with van der Waals surface area (Å²) >= 11 is 1.43. The molecule has 0 aliphatic carbocycles. The molecule has 7 nitrogen and oxygen atoms in total. The summed E-state index contributed by atoms with van der Waals surface area (Å²) in [6.45, 7) is 11.3. The smallest absolute Gasteiger partial charge is 0.410 e. The Morgan fingerprint density at radius 2 is 1.94 bits per heavy atom. The molecule has 1 aromatic heterocycles. The van der Waals surface area contributed by atoms with Gasteiger partial charge in [0.05, 0.1) is 4.88 Å². The summed E-state index contributed by atoms with van der Waals surface area (Å²) < 4.78 is 6.54. The fourth-order valence-corrected chi connectivity index (χ4v) is 5.08. The van der Waals surface area contributed by atoms with E-state index >= 15 is 0 Å². The van der Waals surface area contributed by atoms with Gasteiger partial charge in [-0.25, -0.2) is 4.79 Å². The van der Waals surface area contributed by atoms with Crippen LogP contribution in [-0.2, 0) is 9.53 Å². The maximum atomic E-state index is 13.0. The zero-order chi connectivity index (χ0) is 24.9. The summed E-state index contributed by atoms with van der Waals surface area (Å²) in [7, 11) is 0. The Morgan fingerprint density at radius 1 is 1.21 bits per heavy atom. The lowest BCUT2D eigenvalue weighted by molar-refractivity contribution is -0.123. The average molecular weight is 488 g/mol. The van der Waals surface area contributed by atoms with Crippen LogP contribution in [0.25, 0.3) is 10.1 Å². The Morgan fingerprint density at radius 3 is 2.62 bits per heavy atom. The van der Waals surface area contributed by atoms with Crippen LogP contribution in [0.1, 0.15) is 63.6 Å². The second-order valence-corrected chi connectivity index (χ2v) is 11.6. The molecule has 1 aromatic carbocycles. The van der Waals surface area contributed by atoms with Crippen molar-refractivity contribution in [3.8, 4) is 0 Å². The van der Waals surface area contributed by atoms with E-state index in [4.69, 9.17) is 4.74 Å². The van der Waals surface area contributed by atoms with Crippen LogP contribution in [0.15, 0.2) is 30.3 Å². The highest BCUT2D eigenvalue weighted by molar-refractivity contribution is 7.20. The van der Waals surface area contributed by atoms with Crippen LogP contribution in [0.2, 0.25) is 0 Å². The summed E-state index contributed by atoms with van der Waals surface area (Å²) in [5.74, 6) is -0.00710. The second-order valence-electron chi connectivity index (χ2n) is 10.5. The lowest BCUT2D eigenvalue weighted by Crippen LogP contribution is -2.50. The first-order valence-electron chi connectivity index (χ1n) is 12.1. The fourth-order valence-electron chi connectivity index (χ4n) is 4.12. The van der Waals surface area contributed by atoms with E-state index in [0.29, 0.717) is 30.9 Å². The average Bonchev–Trinajstić information content (AvgIpc) is 3.20. The maximum absolute atomic E-state index is 13.0. The van der Waals surface area contributed by atoms with Gasteiger partial charge in [-0.1, -0.05) is 32.0 Å². The number of benzene rings is 1. The van der Waals surface area contributed by atoms with Gasteiger partial charge in [0.25, 0.3) is 5.91 Å². The molecule has 1 unspecified atom stereocenters. The standard InChI is InChI=1S/C26H37N3O4S/c1-17(2)13-20(28-24(31)22-14-19-10-6-7-11-21(19)34-22)23(30)27-15-18-9-8-12-29(16-18)25(32)33-26(3,4)5/h6-7,10-11,14,17-18,20H,8-9,12-13,15-16H2,1-5H3,(H,27,30)(H,28,31)/t18?,20-/m0/s1. The predicted octanol–water partition coefficient (Wildman–Crippen LogP) is 4.81. The molecule has 34 heavy (non-hydrogen) atoms. The molecular formula is C26H37N3O4S. The molecule has 2 heterocycles. The van der Waals surface area contributed by atoms with Crippen molar-refractivity contribution < 1.29 is 19.1 Å². The number of hydrogen-bond acceptors (Lipinski definition) is 5. The molecule has 0 bridgehead atoms. The third-order valence-electron chi connectivity index (χ3n) is 5.71. The number of nitrogens with zero attached hydrogens (tertiary/aromatic N) is 1. The lowest BCUT2D eigenvalue weighted by atomic mass is 9.97. The molecule has 1 fully saturated rings. The molecule has 0 radical (unpaired) electrons. The molecular weight excluding hydrogens is 450 g/mol. The van der Waals surface area contributed by atoms with E-state index in [1.807, 2.05) is 65.0 Å². The second kappa shape index (κ2) is 11.2. The highest BCUT2D eigenvalue weighted by atomic mass is 32.1. The van der Waals surface area contributed by atoms with Crippen molar-refractivity contribution in [1.82, 2.24) is 15.5 Å². The molecule has 1 saturated heterocycles. The van der Waals surface area contributed by atoms with Gasteiger partial charge in [0.2, 0.25) is 5.91 Å². The van der Waals surface area contributed by atoms with E-state index in [0.717, 1.165) is 22.9 Å². The van der Waals surface area contributed by atoms with Gasteiger partial charge in [-0.15, -0.1) is 11.3 Å². The first-order valence-corrected chi connectivity index (χ1v) is 12.9. The van der Waals surface area contributed by atoms with E-state index in [2.05, 4.69) is 10.6 Å². The molecule has 2 aromatic rings. The minimum atomic E-state index is -0.608. The van der Waals surface area contributed by atoms with Gasteiger partial charge in [-0.2, -0.15) is 0 Å². The number of amides is 3. The van der Waals surface area contributed by atoms with E-state index < -0.39 is 11.6 Å². The normalized spacial score (nSPS) is 17.5. The number of carbonyl (C=O) groups is 3. The van der Waals surface area contributed by atoms with Gasteiger partial charge in [-0.3, -0.25) is 9.59 Å². The number of likely N-dealkylation sites (tertiary alicyclic amines) is 1. The van der Waals surface area contributed by atoms with Crippen molar-refractivity contribution in [2.75, 3.05) is 19.6 Å². The Hall–Kier alpha value is -2.61. The molecule has 1 aliphatic heterocycles. The number of thiophene rings is 1. The number of nitrogens with one attached hydrogen (secondary N) is 2. The first-order chi connectivity index (χ1) is 16.0. The van der Waals surface area contributed by atoms with Crippen molar-refractivity contribution >= 4 is 39.3 Å². The lowest BCUT2D eigenvalue weighted by Gasteiger charge is -2.34. The summed E-state index contributed by atoms with van der Waals surface area (Å²) in [6.07, 6.45) is 2.05. The third kappa shape index (κ3) is 7.45. The van der Waals surface area contributed by atoms with Crippen LogP contribution < -0.4 is 10.6 Å². The Balaban J connectivity index is 1.57. The zero-order valence-electron chi connectivity index (χ0n) is 20.8. The third-order valence-corrected chi connectivity index (χ3v) is 6.83. The van der Waals surface area contributed by atoms with Crippen LogP contribution in [0.4, 0.5) is 4.79 Å². The molecule has 8 heteroatoms. The largest absolute Gasteiger partial charge is 0.444 e. The summed E-state index contributed by atoms with van der Waals surface area (Å²) in [6, 6.07) is 9.12. The highest BCUT2D eigenvalue weighted by Gasteiger charge is 2.29. The molecule has 2 N–H and O–H groups in total. The highest BCUT2D eigenvalue weighted by Crippen LogP contribution is 2.25. The van der Waals surface area contributed by atoms with Gasteiger partial charge in [-0.05, 0) is 69.4 Å². The zero-order valence-corrected chi connectivity index (χ0v) is 21.7. The summed E-state index contributed by atoms with van der Waals surface area (Å²) in [5.41, 5.74) is -0.533. The number of carbonyl (C=O) groups excluding carboxylic acids is 3. The minimum Gasteiger partial charge on any atom is -0.444 e. The molecule has 0 saturated carbocycles. The first kappa shape index (κ1) is 26.0. The van der Waals surface area contributed by atoms with Crippen molar-refractivity contribution in [3.05, 3.63) is 35.2 Å². The Bertz CT molecular complexity index is 978. The Kier molecular flexibility index (Phi) is 8.57. The molecule has 3 amide bonds. The molecule has 1 aliphatic rings. The Labute approximate surface area is 206 Å². The number of piperidine rings is 1. The van der Waals surface area contributed by atoms with E-state index in [1.54, 1.807) is 4.90 Å². The quantitative estimate of drug-likeness (QED) is 0.587. The number of hydrogen-bond donors (Lipinski definition) is 2. The van der Waals surface area contributed by atoms with Crippen molar-refractivity contribution in [1.29, 1.82) is 0 Å². The van der Waals surface area contributed by atoms with Crippen LogP contribution >= 0.6 is 11.3 Å². The minimum absolute atomic E-state index is 0.156. The topological polar surface area (TPSA) is 87.7 Å². The SMILES string of the molecule is CC(C)C[C@H](NC(=O)c1cc2ccccc2s1)C(=O)NCC1CCCN(C(=O)OC(C)(C)C)C1. The van der Waals surface area contributed by atoms with Crippen LogP contribution in [0.5, 0.6) is 0 Å². The molecule has 186 valence electrons. The van der Waals surface area contributed by atoms with Crippen LogP contribution in [0.3, 0.4) is 0 Å². The summed E-state index contributed by atoms with van der Waals surface area (Å²) in [4.78, 5) is 40.7. The van der Waals surface area contributed by atoms with Crippen molar-refractivity contribution in [3.63, 3.8) is 0 Å². The van der Waals surface area contributed by atoms with Gasteiger partial charge in [0.1, 0.15) is 11.6 Å². The monoisotopic (exact) mass is 487 g/mol. The van der Waals surface area contributed by atoms with Crippen LogP contribution in [-0.4, -0.2) is 54.1 Å². The number of rotatable bonds is 7. The molecule has 2 atom stereocenters. The van der Waals surface area contributed by atoms with Crippen molar-refractivity contribution in [2.45, 2.75) is 65.5 Å². The molecule has 3 rings (SSSR count). The van der Waals surface area contributed by atoms with Crippen molar-refractivity contribution in [2.24, 2.45) is 11.8 Å². The van der Waals surface area contributed by atoms with Gasteiger partial charge in [0, 0.05) is 24.3 Å².